The summed E-state index contributed by atoms with van der Waals surface area (Å²) in [6.07, 6.45) is 3.82. The number of nitrogens with zero attached hydrogens (tertiary/aromatic N) is 2. The maximum Gasteiger partial charge on any atom is 0.254 e. The van der Waals surface area contributed by atoms with Gasteiger partial charge in [0.25, 0.3) is 5.56 Å². The van der Waals surface area contributed by atoms with Crippen molar-refractivity contribution in [3.63, 3.8) is 0 Å². The molecule has 0 fully saturated rings. The van der Waals surface area contributed by atoms with Crippen LogP contribution < -0.4 is 10.9 Å². The number of benzene rings is 2. The summed E-state index contributed by atoms with van der Waals surface area (Å²) in [5.74, 6) is -0.492. The largest absolute Gasteiger partial charge is 0.325 e. The summed E-state index contributed by atoms with van der Waals surface area (Å²) in [4.78, 5) is 29.8. The first-order valence-electron chi connectivity index (χ1n) is 10.3. The number of aryl methyl sites for hydroxylation is 2. The Hall–Kier alpha value is -3.28. The fraction of sp³-hybridized carbons (Fsp3) is 0.292. The minimum Gasteiger partial charge on any atom is -0.325 e. The number of halogens is 1. The van der Waals surface area contributed by atoms with E-state index in [1.165, 1.54) is 28.3 Å². The molecule has 2 aromatic carbocycles. The van der Waals surface area contributed by atoms with Crippen LogP contribution in [0.2, 0.25) is 0 Å². The Morgan fingerprint density at radius 1 is 1.10 bits per heavy atom. The molecule has 5 nitrogen and oxygen atoms in total. The van der Waals surface area contributed by atoms with Crippen LogP contribution in [0.1, 0.15) is 37.9 Å². The van der Waals surface area contributed by atoms with Gasteiger partial charge in [-0.2, -0.15) is 0 Å². The number of unbranched alkanes of at least 4 members (excludes halogenated alkanes) is 1. The number of anilines is 1. The van der Waals surface area contributed by atoms with Crippen molar-refractivity contribution in [3.05, 3.63) is 82.0 Å². The molecule has 0 radical (unpaired) electrons. The number of nitrogens with one attached hydrogen (secondary N) is 1. The SMILES string of the molecule is CCCCc1ccc(NC(=O)Cn2c(-c3cccc(F)c3)nc(CC)cc2=O)cc1. The van der Waals surface area contributed by atoms with Crippen molar-refractivity contribution < 1.29 is 9.18 Å². The Bertz CT molecular complexity index is 1070. The molecular weight excluding hydrogens is 381 g/mol. The lowest BCUT2D eigenvalue weighted by molar-refractivity contribution is -0.116. The topological polar surface area (TPSA) is 64.0 Å². The van der Waals surface area contributed by atoms with E-state index in [1.54, 1.807) is 12.1 Å². The summed E-state index contributed by atoms with van der Waals surface area (Å²) in [5, 5.41) is 2.82. The first-order valence-corrected chi connectivity index (χ1v) is 10.3. The van der Waals surface area contributed by atoms with Gasteiger partial charge in [-0.1, -0.05) is 44.5 Å². The highest BCUT2D eigenvalue weighted by atomic mass is 19.1. The second-order valence-electron chi connectivity index (χ2n) is 7.21. The molecule has 0 aliphatic carbocycles. The third-order valence-electron chi connectivity index (χ3n) is 4.86. The van der Waals surface area contributed by atoms with E-state index in [-0.39, 0.29) is 23.8 Å². The Morgan fingerprint density at radius 2 is 1.87 bits per heavy atom. The maximum absolute atomic E-state index is 13.7. The lowest BCUT2D eigenvalue weighted by Gasteiger charge is -2.14. The molecule has 1 heterocycles. The number of rotatable bonds is 8. The van der Waals surface area contributed by atoms with Gasteiger partial charge in [0.05, 0.1) is 0 Å². The summed E-state index contributed by atoms with van der Waals surface area (Å²) >= 11 is 0. The van der Waals surface area contributed by atoms with Crippen molar-refractivity contribution in [2.75, 3.05) is 5.32 Å². The molecular formula is C24H26FN3O2. The summed E-state index contributed by atoms with van der Waals surface area (Å²) in [6, 6.07) is 15.0. The van der Waals surface area contributed by atoms with Crippen LogP contribution in [-0.4, -0.2) is 15.5 Å². The zero-order valence-electron chi connectivity index (χ0n) is 17.3. The number of aromatic nitrogens is 2. The third-order valence-corrected chi connectivity index (χ3v) is 4.86. The fourth-order valence-electron chi connectivity index (χ4n) is 3.22. The van der Waals surface area contributed by atoms with Crippen molar-refractivity contribution in [1.29, 1.82) is 0 Å². The molecule has 1 N–H and O–H groups in total. The Labute approximate surface area is 175 Å². The van der Waals surface area contributed by atoms with E-state index in [9.17, 15) is 14.0 Å². The van der Waals surface area contributed by atoms with E-state index in [0.717, 1.165) is 19.3 Å². The third kappa shape index (κ3) is 5.41. The summed E-state index contributed by atoms with van der Waals surface area (Å²) < 4.78 is 15.0. The van der Waals surface area contributed by atoms with Gasteiger partial charge in [0.1, 0.15) is 18.2 Å². The first-order chi connectivity index (χ1) is 14.5. The van der Waals surface area contributed by atoms with E-state index in [1.807, 2.05) is 31.2 Å². The Balaban J connectivity index is 1.83. The average Bonchev–Trinajstić information content (AvgIpc) is 2.74. The van der Waals surface area contributed by atoms with Crippen LogP contribution in [0, 0.1) is 5.82 Å². The number of hydrogen-bond acceptors (Lipinski definition) is 3. The number of hydrogen-bond donors (Lipinski definition) is 1. The highest BCUT2D eigenvalue weighted by Gasteiger charge is 2.14. The van der Waals surface area contributed by atoms with Gasteiger partial charge in [0.2, 0.25) is 5.91 Å². The lowest BCUT2D eigenvalue weighted by atomic mass is 10.1. The monoisotopic (exact) mass is 407 g/mol. The molecule has 1 aromatic heterocycles. The smallest absolute Gasteiger partial charge is 0.254 e. The van der Waals surface area contributed by atoms with Crippen LogP contribution >= 0.6 is 0 Å². The van der Waals surface area contributed by atoms with Crippen LogP contribution in [0.5, 0.6) is 0 Å². The van der Waals surface area contributed by atoms with Crippen molar-refractivity contribution in [3.8, 4) is 11.4 Å². The van der Waals surface area contributed by atoms with E-state index in [2.05, 4.69) is 17.2 Å². The molecule has 0 spiro atoms. The van der Waals surface area contributed by atoms with Gasteiger partial charge >= 0.3 is 0 Å². The van der Waals surface area contributed by atoms with Gasteiger partial charge < -0.3 is 5.32 Å². The maximum atomic E-state index is 13.7. The van der Waals surface area contributed by atoms with Crippen LogP contribution in [-0.2, 0) is 24.2 Å². The van der Waals surface area contributed by atoms with Gasteiger partial charge in [-0.3, -0.25) is 14.2 Å². The minimum atomic E-state index is -0.428. The molecule has 3 rings (SSSR count). The van der Waals surface area contributed by atoms with Crippen LogP contribution in [0.15, 0.2) is 59.4 Å². The summed E-state index contributed by atoms with van der Waals surface area (Å²) in [7, 11) is 0. The second kappa shape index (κ2) is 9.96. The molecule has 3 aromatic rings. The van der Waals surface area contributed by atoms with Crippen LogP contribution in [0.3, 0.4) is 0 Å². The highest BCUT2D eigenvalue weighted by Crippen LogP contribution is 2.18. The van der Waals surface area contributed by atoms with E-state index >= 15 is 0 Å². The van der Waals surface area contributed by atoms with Gasteiger partial charge in [-0.15, -0.1) is 0 Å². The fourth-order valence-corrected chi connectivity index (χ4v) is 3.22. The van der Waals surface area contributed by atoms with E-state index in [0.29, 0.717) is 23.4 Å². The standard InChI is InChI=1S/C24H26FN3O2/c1-3-5-7-17-10-12-21(13-11-17)26-22(29)16-28-23(30)15-20(4-2)27-24(28)18-8-6-9-19(25)14-18/h6,8-15H,3-5,7,16H2,1-2H3,(H,26,29). The minimum absolute atomic E-state index is 0.209. The first kappa shape index (κ1) is 21.4. The molecule has 0 unspecified atom stereocenters. The number of carbonyl (C=O) groups is 1. The highest BCUT2D eigenvalue weighted by molar-refractivity contribution is 5.90. The van der Waals surface area contributed by atoms with Crippen molar-refractivity contribution in [2.24, 2.45) is 0 Å². The predicted octanol–water partition coefficient (Wildman–Crippen LogP) is 4.59. The normalized spacial score (nSPS) is 10.8. The zero-order chi connectivity index (χ0) is 21.5. The van der Waals surface area contributed by atoms with Gasteiger partial charge in [-0.05, 0) is 49.1 Å². The van der Waals surface area contributed by atoms with Crippen LogP contribution in [0.25, 0.3) is 11.4 Å². The van der Waals surface area contributed by atoms with Crippen molar-refractivity contribution >= 4 is 11.6 Å². The molecule has 30 heavy (non-hydrogen) atoms. The molecule has 0 atom stereocenters. The summed E-state index contributed by atoms with van der Waals surface area (Å²) in [5.41, 5.74) is 2.60. The number of carbonyl (C=O) groups excluding carboxylic acids is 1. The molecule has 156 valence electrons. The van der Waals surface area contributed by atoms with Gasteiger partial charge in [0.15, 0.2) is 0 Å². The second-order valence-corrected chi connectivity index (χ2v) is 7.21. The average molecular weight is 407 g/mol. The molecule has 0 aliphatic rings. The number of amides is 1. The Morgan fingerprint density at radius 3 is 2.53 bits per heavy atom. The molecule has 0 saturated carbocycles. The van der Waals surface area contributed by atoms with E-state index in [4.69, 9.17) is 0 Å². The molecule has 0 saturated heterocycles. The molecule has 1 amide bonds. The van der Waals surface area contributed by atoms with Crippen molar-refractivity contribution in [1.82, 2.24) is 9.55 Å². The Kier molecular flexibility index (Phi) is 7.12. The molecule has 0 aliphatic heterocycles. The predicted molar refractivity (Wildman–Crippen MR) is 117 cm³/mol. The molecule has 6 heteroatoms. The van der Waals surface area contributed by atoms with Gasteiger partial charge in [0, 0.05) is 23.0 Å². The zero-order valence-corrected chi connectivity index (χ0v) is 17.3. The van der Waals surface area contributed by atoms with Crippen molar-refractivity contribution in [2.45, 2.75) is 46.1 Å². The molecule has 0 bridgehead atoms. The van der Waals surface area contributed by atoms with Gasteiger partial charge in [-0.25, -0.2) is 9.37 Å². The lowest BCUT2D eigenvalue weighted by Crippen LogP contribution is -2.30. The summed E-state index contributed by atoms with van der Waals surface area (Å²) in [6.45, 7) is 3.83. The van der Waals surface area contributed by atoms with E-state index < -0.39 is 5.82 Å². The van der Waals surface area contributed by atoms with Crippen LogP contribution in [0.4, 0.5) is 10.1 Å². The quantitative estimate of drug-likeness (QED) is 0.594.